The van der Waals surface area contributed by atoms with Crippen LogP contribution >= 0.6 is 0 Å². The van der Waals surface area contributed by atoms with E-state index in [4.69, 9.17) is 4.74 Å². The Morgan fingerprint density at radius 1 is 0.828 bits per heavy atom. The number of methoxy groups -OCH3 is 1. The Balaban J connectivity index is 1.65. The molecule has 0 spiro atoms. The number of nitrogens with one attached hydrogen (secondary N) is 2. The average molecular weight is 388 g/mol. The van der Waals surface area contributed by atoms with Gasteiger partial charge >= 0.3 is 0 Å². The van der Waals surface area contributed by atoms with E-state index in [1.54, 1.807) is 31.4 Å². The lowest BCUT2D eigenvalue weighted by molar-refractivity contribution is 0.0951. The van der Waals surface area contributed by atoms with Gasteiger partial charge in [0.05, 0.1) is 7.11 Å². The van der Waals surface area contributed by atoms with Crippen molar-refractivity contribution in [3.8, 4) is 5.75 Å². The Kier molecular flexibility index (Phi) is 6.29. The van der Waals surface area contributed by atoms with Crippen LogP contribution in [-0.4, -0.2) is 18.9 Å². The van der Waals surface area contributed by atoms with Crippen LogP contribution in [0.5, 0.6) is 5.75 Å². The zero-order valence-electron chi connectivity index (χ0n) is 16.8. The first kappa shape index (κ1) is 20.1. The topological polar surface area (TPSA) is 67.4 Å². The third-order valence-electron chi connectivity index (χ3n) is 4.48. The number of anilines is 1. The first-order chi connectivity index (χ1) is 13.9. The van der Waals surface area contributed by atoms with E-state index in [0.717, 1.165) is 28.1 Å². The maximum atomic E-state index is 12.6. The summed E-state index contributed by atoms with van der Waals surface area (Å²) in [6.45, 7) is 4.36. The fourth-order valence-electron chi connectivity index (χ4n) is 3.08. The number of hydrogen-bond donors (Lipinski definition) is 2. The van der Waals surface area contributed by atoms with E-state index in [1.165, 1.54) is 0 Å². The minimum atomic E-state index is -0.250. The summed E-state index contributed by atoms with van der Waals surface area (Å²) in [6.07, 6.45) is 0. The van der Waals surface area contributed by atoms with Gasteiger partial charge in [0.2, 0.25) is 0 Å². The molecule has 3 aromatic rings. The van der Waals surface area contributed by atoms with Crippen molar-refractivity contribution < 1.29 is 14.3 Å². The molecule has 0 aliphatic rings. The van der Waals surface area contributed by atoms with Crippen molar-refractivity contribution in [1.29, 1.82) is 0 Å². The van der Waals surface area contributed by atoms with E-state index in [2.05, 4.69) is 10.6 Å². The van der Waals surface area contributed by atoms with Gasteiger partial charge in [-0.2, -0.15) is 0 Å². The van der Waals surface area contributed by atoms with Crippen LogP contribution in [0.3, 0.4) is 0 Å². The molecule has 0 aromatic heterocycles. The predicted octanol–water partition coefficient (Wildman–Crippen LogP) is 4.49. The molecule has 0 fully saturated rings. The van der Waals surface area contributed by atoms with Gasteiger partial charge in [-0.05, 0) is 73.0 Å². The molecule has 0 saturated carbocycles. The molecule has 5 nitrogen and oxygen atoms in total. The van der Waals surface area contributed by atoms with Crippen LogP contribution in [0, 0.1) is 13.8 Å². The number of carbonyl (C=O) groups excluding carboxylic acids is 2. The van der Waals surface area contributed by atoms with Gasteiger partial charge < -0.3 is 15.4 Å². The smallest absolute Gasteiger partial charge is 0.255 e. The highest BCUT2D eigenvalue weighted by Gasteiger charge is 2.11. The summed E-state index contributed by atoms with van der Waals surface area (Å²) in [5.74, 6) is 0.282. The van der Waals surface area contributed by atoms with Gasteiger partial charge in [0.1, 0.15) is 5.75 Å². The largest absolute Gasteiger partial charge is 0.497 e. The number of amides is 2. The number of benzene rings is 3. The summed E-state index contributed by atoms with van der Waals surface area (Å²) in [6, 6.07) is 20.0. The van der Waals surface area contributed by atoms with Gasteiger partial charge in [-0.25, -0.2) is 0 Å². The van der Waals surface area contributed by atoms with Crippen molar-refractivity contribution in [2.75, 3.05) is 12.4 Å². The normalized spacial score (nSPS) is 10.3. The summed E-state index contributed by atoms with van der Waals surface area (Å²) in [5, 5.41) is 5.76. The van der Waals surface area contributed by atoms with Crippen LogP contribution in [0.15, 0.2) is 66.7 Å². The number of rotatable bonds is 6. The molecule has 29 heavy (non-hydrogen) atoms. The third kappa shape index (κ3) is 5.45. The fourth-order valence-corrected chi connectivity index (χ4v) is 3.08. The number of carbonyl (C=O) groups is 2. The van der Waals surface area contributed by atoms with Crippen molar-refractivity contribution in [1.82, 2.24) is 5.32 Å². The van der Waals surface area contributed by atoms with Gasteiger partial charge in [0, 0.05) is 23.4 Å². The SMILES string of the molecule is COc1ccc(CNC(=O)c2cccc(C(=O)Nc3cc(C)cc(C)c3)c2)cc1. The average Bonchev–Trinajstić information content (AvgIpc) is 2.71. The molecule has 0 saturated heterocycles. The molecule has 0 bridgehead atoms. The van der Waals surface area contributed by atoms with Gasteiger partial charge in [0.15, 0.2) is 0 Å². The molecule has 0 heterocycles. The van der Waals surface area contributed by atoms with Crippen molar-refractivity contribution in [3.63, 3.8) is 0 Å². The van der Waals surface area contributed by atoms with Crippen LogP contribution in [0.2, 0.25) is 0 Å². The van der Waals surface area contributed by atoms with Gasteiger partial charge in [-0.3, -0.25) is 9.59 Å². The quantitative estimate of drug-likeness (QED) is 0.654. The Hall–Kier alpha value is -3.60. The Morgan fingerprint density at radius 3 is 2.07 bits per heavy atom. The molecule has 0 aliphatic heterocycles. The molecule has 0 unspecified atom stereocenters. The highest BCUT2D eigenvalue weighted by atomic mass is 16.5. The summed E-state index contributed by atoms with van der Waals surface area (Å²) >= 11 is 0. The van der Waals surface area contributed by atoms with E-state index in [-0.39, 0.29) is 11.8 Å². The van der Waals surface area contributed by atoms with Crippen molar-refractivity contribution in [3.05, 3.63) is 94.5 Å². The number of aryl methyl sites for hydroxylation is 2. The summed E-state index contributed by atoms with van der Waals surface area (Å²) in [7, 11) is 1.61. The molecule has 2 N–H and O–H groups in total. The Morgan fingerprint density at radius 2 is 1.45 bits per heavy atom. The molecule has 5 heteroatoms. The third-order valence-corrected chi connectivity index (χ3v) is 4.48. The van der Waals surface area contributed by atoms with Crippen LogP contribution in [-0.2, 0) is 6.54 Å². The van der Waals surface area contributed by atoms with Crippen LogP contribution in [0.1, 0.15) is 37.4 Å². The number of ether oxygens (including phenoxy) is 1. The Labute approximate surface area is 170 Å². The van der Waals surface area contributed by atoms with E-state index in [0.29, 0.717) is 17.7 Å². The van der Waals surface area contributed by atoms with Gasteiger partial charge in [-0.15, -0.1) is 0 Å². The van der Waals surface area contributed by atoms with Gasteiger partial charge in [0.25, 0.3) is 11.8 Å². The lowest BCUT2D eigenvalue weighted by Crippen LogP contribution is -2.23. The van der Waals surface area contributed by atoms with Crippen molar-refractivity contribution in [2.45, 2.75) is 20.4 Å². The maximum Gasteiger partial charge on any atom is 0.255 e. The molecule has 3 rings (SSSR count). The highest BCUT2D eigenvalue weighted by molar-refractivity contribution is 6.06. The first-order valence-corrected chi connectivity index (χ1v) is 9.35. The zero-order valence-corrected chi connectivity index (χ0v) is 16.8. The molecule has 148 valence electrons. The first-order valence-electron chi connectivity index (χ1n) is 9.35. The molecule has 0 radical (unpaired) electrons. The molecule has 3 aromatic carbocycles. The monoisotopic (exact) mass is 388 g/mol. The molecular weight excluding hydrogens is 364 g/mol. The zero-order chi connectivity index (χ0) is 20.8. The van der Waals surface area contributed by atoms with E-state index < -0.39 is 0 Å². The second-order valence-electron chi connectivity index (χ2n) is 6.94. The van der Waals surface area contributed by atoms with Crippen molar-refractivity contribution in [2.24, 2.45) is 0 Å². The number of hydrogen-bond acceptors (Lipinski definition) is 3. The molecule has 0 aliphatic carbocycles. The van der Waals surface area contributed by atoms with E-state index >= 15 is 0 Å². The standard InChI is InChI=1S/C24H24N2O3/c1-16-11-17(2)13-21(12-16)26-24(28)20-6-4-5-19(14-20)23(27)25-15-18-7-9-22(29-3)10-8-18/h4-14H,15H2,1-3H3,(H,25,27)(H,26,28). The Bertz CT molecular complexity index is 1010. The van der Waals surface area contributed by atoms with Crippen LogP contribution in [0.25, 0.3) is 0 Å². The van der Waals surface area contributed by atoms with E-state index in [1.807, 2.05) is 56.3 Å². The molecule has 2 amide bonds. The molecule has 0 atom stereocenters. The molecular formula is C24H24N2O3. The maximum absolute atomic E-state index is 12.6. The minimum Gasteiger partial charge on any atom is -0.497 e. The van der Waals surface area contributed by atoms with Gasteiger partial charge in [-0.1, -0.05) is 24.3 Å². The minimum absolute atomic E-state index is 0.234. The summed E-state index contributed by atoms with van der Waals surface area (Å²) in [4.78, 5) is 25.1. The summed E-state index contributed by atoms with van der Waals surface area (Å²) < 4.78 is 5.13. The second-order valence-corrected chi connectivity index (χ2v) is 6.94. The van der Waals surface area contributed by atoms with E-state index in [9.17, 15) is 9.59 Å². The fraction of sp³-hybridized carbons (Fsp3) is 0.167. The predicted molar refractivity (Wildman–Crippen MR) is 114 cm³/mol. The van der Waals surface area contributed by atoms with Crippen LogP contribution in [0.4, 0.5) is 5.69 Å². The lowest BCUT2D eigenvalue weighted by Gasteiger charge is -2.10. The lowest BCUT2D eigenvalue weighted by atomic mass is 10.1. The van der Waals surface area contributed by atoms with Crippen LogP contribution < -0.4 is 15.4 Å². The van der Waals surface area contributed by atoms with Crippen molar-refractivity contribution >= 4 is 17.5 Å². The summed E-state index contributed by atoms with van der Waals surface area (Å²) in [5.41, 5.74) is 4.72. The highest BCUT2D eigenvalue weighted by Crippen LogP contribution is 2.16. The second kappa shape index (κ2) is 9.06.